The molecule has 0 fully saturated rings. The van der Waals surface area contributed by atoms with Crippen molar-refractivity contribution in [1.29, 1.82) is 0 Å². The highest BCUT2D eigenvalue weighted by Crippen LogP contribution is 2.23. The van der Waals surface area contributed by atoms with Crippen LogP contribution in [0.25, 0.3) is 11.3 Å². The molecule has 1 N–H and O–H groups in total. The Kier molecular flexibility index (Phi) is 3.55. The van der Waals surface area contributed by atoms with Gasteiger partial charge in [-0.15, -0.1) is 0 Å². The molecule has 0 unspecified atom stereocenters. The fraction of sp³-hybridized carbons (Fsp3) is 0.286. The van der Waals surface area contributed by atoms with Gasteiger partial charge in [0.05, 0.1) is 5.69 Å². The van der Waals surface area contributed by atoms with Crippen LogP contribution in [0, 0.1) is 19.7 Å². The van der Waals surface area contributed by atoms with E-state index in [4.69, 9.17) is 0 Å². The Balaban J connectivity index is 2.52. The van der Waals surface area contributed by atoms with Crippen molar-refractivity contribution in [2.24, 2.45) is 0 Å². The normalized spacial score (nSPS) is 10.4. The number of aromatic nitrogens is 2. The highest BCUT2D eigenvalue weighted by atomic mass is 19.1. The Morgan fingerprint density at radius 1 is 1.17 bits per heavy atom. The highest BCUT2D eigenvalue weighted by Gasteiger charge is 2.08. The van der Waals surface area contributed by atoms with Gasteiger partial charge in [-0.1, -0.05) is 6.07 Å². The molecule has 94 valence electrons. The summed E-state index contributed by atoms with van der Waals surface area (Å²) >= 11 is 0. The van der Waals surface area contributed by atoms with Gasteiger partial charge in [-0.2, -0.15) is 0 Å². The Bertz CT molecular complexity index is 567. The molecule has 0 bridgehead atoms. The minimum absolute atomic E-state index is 0.253. The summed E-state index contributed by atoms with van der Waals surface area (Å²) in [6, 6.07) is 6.59. The largest absolute Gasteiger partial charge is 0.354 e. The molecule has 0 radical (unpaired) electrons. The van der Waals surface area contributed by atoms with E-state index in [9.17, 15) is 4.39 Å². The zero-order valence-electron chi connectivity index (χ0n) is 10.8. The molecule has 1 aromatic heterocycles. The van der Waals surface area contributed by atoms with Crippen LogP contribution in [-0.2, 0) is 0 Å². The second-order valence-electron chi connectivity index (χ2n) is 4.21. The maximum atomic E-state index is 13.3. The first-order valence-corrected chi connectivity index (χ1v) is 5.96. The van der Waals surface area contributed by atoms with E-state index in [-0.39, 0.29) is 5.82 Å². The second-order valence-corrected chi connectivity index (χ2v) is 4.21. The van der Waals surface area contributed by atoms with Gasteiger partial charge in [-0.05, 0) is 44.5 Å². The molecule has 2 rings (SSSR count). The summed E-state index contributed by atoms with van der Waals surface area (Å²) in [5, 5.41) is 3.08. The molecule has 0 spiro atoms. The van der Waals surface area contributed by atoms with Gasteiger partial charge in [0.15, 0.2) is 0 Å². The van der Waals surface area contributed by atoms with Crippen LogP contribution in [0.3, 0.4) is 0 Å². The van der Waals surface area contributed by atoms with Crippen LogP contribution < -0.4 is 5.32 Å². The average molecular weight is 245 g/mol. The molecule has 0 aliphatic rings. The Hall–Kier alpha value is -1.97. The lowest BCUT2D eigenvalue weighted by Crippen LogP contribution is -2.04. The summed E-state index contributed by atoms with van der Waals surface area (Å²) in [7, 11) is 0. The number of benzene rings is 1. The number of hydrogen-bond acceptors (Lipinski definition) is 3. The van der Waals surface area contributed by atoms with E-state index in [0.29, 0.717) is 5.95 Å². The molecular weight excluding hydrogens is 229 g/mol. The smallest absolute Gasteiger partial charge is 0.223 e. The molecule has 1 heterocycles. The fourth-order valence-corrected chi connectivity index (χ4v) is 1.81. The van der Waals surface area contributed by atoms with Crippen molar-refractivity contribution >= 4 is 5.95 Å². The third-order valence-corrected chi connectivity index (χ3v) is 2.66. The van der Waals surface area contributed by atoms with Crippen molar-refractivity contribution < 1.29 is 4.39 Å². The highest BCUT2D eigenvalue weighted by molar-refractivity contribution is 5.64. The first-order chi connectivity index (χ1) is 8.60. The molecule has 0 saturated heterocycles. The molecule has 0 atom stereocenters. The predicted octanol–water partition coefficient (Wildman–Crippen LogP) is 3.33. The first kappa shape index (κ1) is 12.5. The molecule has 0 aliphatic carbocycles. The van der Waals surface area contributed by atoms with Crippen LogP contribution in [0.1, 0.15) is 18.2 Å². The van der Waals surface area contributed by atoms with Crippen molar-refractivity contribution in [3.63, 3.8) is 0 Å². The van der Waals surface area contributed by atoms with Gasteiger partial charge >= 0.3 is 0 Å². The number of halogens is 1. The summed E-state index contributed by atoms with van der Waals surface area (Å²) in [4.78, 5) is 8.69. The number of aryl methyl sites for hydroxylation is 2. The SMILES string of the molecule is CCNc1nc(C)cc(-c2cc(F)ccc2C)n1. The molecular formula is C14H16FN3. The molecule has 0 saturated carbocycles. The van der Waals surface area contributed by atoms with E-state index >= 15 is 0 Å². The minimum atomic E-state index is -0.253. The molecule has 3 nitrogen and oxygen atoms in total. The van der Waals surface area contributed by atoms with Gasteiger partial charge in [-0.25, -0.2) is 14.4 Å². The van der Waals surface area contributed by atoms with Crippen molar-refractivity contribution in [2.45, 2.75) is 20.8 Å². The maximum Gasteiger partial charge on any atom is 0.223 e. The summed E-state index contributed by atoms with van der Waals surface area (Å²) < 4.78 is 13.3. The molecule has 18 heavy (non-hydrogen) atoms. The van der Waals surface area contributed by atoms with E-state index in [1.807, 2.05) is 26.8 Å². The minimum Gasteiger partial charge on any atom is -0.354 e. The fourth-order valence-electron chi connectivity index (χ4n) is 1.81. The summed E-state index contributed by atoms with van der Waals surface area (Å²) in [6.45, 7) is 6.59. The summed E-state index contributed by atoms with van der Waals surface area (Å²) in [6.07, 6.45) is 0. The number of hydrogen-bond donors (Lipinski definition) is 1. The number of anilines is 1. The molecule has 0 aliphatic heterocycles. The molecule has 4 heteroatoms. The summed E-state index contributed by atoms with van der Waals surface area (Å²) in [5.74, 6) is 0.327. The average Bonchev–Trinajstić information content (AvgIpc) is 2.32. The lowest BCUT2D eigenvalue weighted by molar-refractivity contribution is 0.628. The molecule has 0 amide bonds. The number of nitrogens with zero attached hydrogens (tertiary/aromatic N) is 2. The van der Waals surface area contributed by atoms with Gasteiger partial charge in [0.1, 0.15) is 5.82 Å². The first-order valence-electron chi connectivity index (χ1n) is 5.96. The van der Waals surface area contributed by atoms with E-state index in [0.717, 1.165) is 29.1 Å². The predicted molar refractivity (Wildman–Crippen MR) is 71.1 cm³/mol. The van der Waals surface area contributed by atoms with E-state index in [1.165, 1.54) is 12.1 Å². The van der Waals surface area contributed by atoms with Crippen molar-refractivity contribution in [3.05, 3.63) is 41.3 Å². The van der Waals surface area contributed by atoms with E-state index < -0.39 is 0 Å². The summed E-state index contributed by atoms with van der Waals surface area (Å²) in [5.41, 5.74) is 3.41. The quantitative estimate of drug-likeness (QED) is 0.901. The van der Waals surface area contributed by atoms with Crippen LogP contribution >= 0.6 is 0 Å². The van der Waals surface area contributed by atoms with Crippen molar-refractivity contribution in [3.8, 4) is 11.3 Å². The van der Waals surface area contributed by atoms with Crippen LogP contribution in [0.2, 0.25) is 0 Å². The van der Waals surface area contributed by atoms with Gasteiger partial charge in [-0.3, -0.25) is 0 Å². The van der Waals surface area contributed by atoms with Crippen LogP contribution in [-0.4, -0.2) is 16.5 Å². The van der Waals surface area contributed by atoms with Gasteiger partial charge in [0.2, 0.25) is 5.95 Å². The van der Waals surface area contributed by atoms with Gasteiger partial charge < -0.3 is 5.32 Å². The van der Waals surface area contributed by atoms with E-state index in [2.05, 4.69) is 15.3 Å². The van der Waals surface area contributed by atoms with E-state index in [1.54, 1.807) is 6.07 Å². The Morgan fingerprint density at radius 2 is 1.94 bits per heavy atom. The van der Waals surface area contributed by atoms with Gasteiger partial charge in [0.25, 0.3) is 0 Å². The zero-order chi connectivity index (χ0) is 13.1. The van der Waals surface area contributed by atoms with Crippen molar-refractivity contribution in [2.75, 3.05) is 11.9 Å². The molecule has 2 aromatic rings. The standard InChI is InChI=1S/C14H16FN3/c1-4-16-14-17-10(3)7-13(18-14)12-8-11(15)6-5-9(12)2/h5-8H,4H2,1-3H3,(H,16,17,18). The number of nitrogens with one attached hydrogen (secondary N) is 1. The number of rotatable bonds is 3. The third kappa shape index (κ3) is 2.64. The maximum absolute atomic E-state index is 13.3. The topological polar surface area (TPSA) is 37.8 Å². The van der Waals surface area contributed by atoms with Crippen molar-refractivity contribution in [1.82, 2.24) is 9.97 Å². The zero-order valence-corrected chi connectivity index (χ0v) is 10.8. The van der Waals surface area contributed by atoms with Crippen LogP contribution in [0.5, 0.6) is 0 Å². The third-order valence-electron chi connectivity index (χ3n) is 2.66. The lowest BCUT2D eigenvalue weighted by Gasteiger charge is -2.09. The van der Waals surface area contributed by atoms with Gasteiger partial charge in [0, 0.05) is 17.8 Å². The van der Waals surface area contributed by atoms with Crippen LogP contribution in [0.4, 0.5) is 10.3 Å². The Morgan fingerprint density at radius 3 is 2.67 bits per heavy atom. The lowest BCUT2D eigenvalue weighted by atomic mass is 10.0. The molecule has 1 aromatic carbocycles. The monoisotopic (exact) mass is 245 g/mol. The second kappa shape index (κ2) is 5.12. The Labute approximate surface area is 106 Å². The van der Waals surface area contributed by atoms with Crippen LogP contribution in [0.15, 0.2) is 24.3 Å².